The summed E-state index contributed by atoms with van der Waals surface area (Å²) in [4.78, 5) is 26.6. The molecule has 1 aliphatic heterocycles. The summed E-state index contributed by atoms with van der Waals surface area (Å²) in [6.45, 7) is 4.54. The molecule has 0 saturated carbocycles. The van der Waals surface area contributed by atoms with E-state index < -0.39 is 4.92 Å². The van der Waals surface area contributed by atoms with Gasteiger partial charge in [-0.3, -0.25) is 19.8 Å². The van der Waals surface area contributed by atoms with Gasteiger partial charge in [-0.15, -0.1) is 0 Å². The van der Waals surface area contributed by atoms with Crippen LogP contribution >= 0.6 is 0 Å². The van der Waals surface area contributed by atoms with E-state index in [1.165, 1.54) is 18.2 Å². The van der Waals surface area contributed by atoms with Crippen molar-refractivity contribution in [1.82, 2.24) is 4.90 Å². The molecule has 0 spiro atoms. The van der Waals surface area contributed by atoms with Gasteiger partial charge in [0.15, 0.2) is 0 Å². The van der Waals surface area contributed by atoms with Gasteiger partial charge in [0.2, 0.25) is 5.91 Å². The van der Waals surface area contributed by atoms with Gasteiger partial charge in [0, 0.05) is 44.0 Å². The summed E-state index contributed by atoms with van der Waals surface area (Å²) in [6, 6.07) is 11.0. The second-order valence-electron chi connectivity index (χ2n) is 6.52. The van der Waals surface area contributed by atoms with Crippen molar-refractivity contribution in [2.75, 3.05) is 42.9 Å². The van der Waals surface area contributed by atoms with Crippen LogP contribution < -0.4 is 10.2 Å². The lowest BCUT2D eigenvalue weighted by Crippen LogP contribution is -2.48. The second kappa shape index (κ2) is 8.13. The number of para-hydroxylation sites is 1. The molecule has 0 aliphatic carbocycles. The molecular formula is C19H21FN4O3. The quantitative estimate of drug-likeness (QED) is 0.645. The van der Waals surface area contributed by atoms with E-state index in [1.807, 2.05) is 15.9 Å². The lowest BCUT2D eigenvalue weighted by atomic mass is 10.2. The molecule has 1 aliphatic rings. The number of nitrogens with one attached hydrogen (secondary N) is 1. The van der Waals surface area contributed by atoms with Crippen molar-refractivity contribution in [2.45, 2.75) is 6.92 Å². The Hall–Kier alpha value is -3.00. The number of rotatable bonds is 5. The van der Waals surface area contributed by atoms with Crippen LogP contribution in [-0.2, 0) is 4.79 Å². The molecule has 2 aromatic carbocycles. The SMILES string of the molecule is Cc1cc([N+](=O)[O-])ccc1NC(=O)CN1CCN(c2ccccc2F)CC1. The topological polar surface area (TPSA) is 78.7 Å². The monoisotopic (exact) mass is 372 g/mol. The molecule has 3 rings (SSSR count). The molecule has 0 unspecified atom stereocenters. The van der Waals surface area contributed by atoms with E-state index in [1.54, 1.807) is 25.1 Å². The molecule has 7 nitrogen and oxygen atoms in total. The van der Waals surface area contributed by atoms with Gasteiger partial charge in [-0.1, -0.05) is 12.1 Å². The first-order chi connectivity index (χ1) is 12.9. The molecule has 0 aromatic heterocycles. The van der Waals surface area contributed by atoms with E-state index in [4.69, 9.17) is 0 Å². The van der Waals surface area contributed by atoms with Crippen molar-refractivity contribution in [3.8, 4) is 0 Å². The average molecular weight is 372 g/mol. The van der Waals surface area contributed by atoms with Crippen LogP contribution in [0.5, 0.6) is 0 Å². The number of piperazine rings is 1. The minimum absolute atomic E-state index is 0.00485. The van der Waals surface area contributed by atoms with Crippen LogP contribution in [-0.4, -0.2) is 48.5 Å². The molecule has 8 heteroatoms. The molecule has 2 aromatic rings. The van der Waals surface area contributed by atoms with E-state index in [0.717, 1.165) is 0 Å². The minimum atomic E-state index is -0.465. The third kappa shape index (κ3) is 4.59. The molecule has 142 valence electrons. The van der Waals surface area contributed by atoms with Crippen molar-refractivity contribution in [3.63, 3.8) is 0 Å². The highest BCUT2D eigenvalue weighted by molar-refractivity contribution is 5.93. The third-order valence-corrected chi connectivity index (χ3v) is 4.63. The van der Waals surface area contributed by atoms with Crippen molar-refractivity contribution in [2.24, 2.45) is 0 Å². The largest absolute Gasteiger partial charge is 0.367 e. The van der Waals surface area contributed by atoms with Crippen LogP contribution in [0.1, 0.15) is 5.56 Å². The van der Waals surface area contributed by atoms with E-state index >= 15 is 0 Å². The maximum atomic E-state index is 13.9. The number of nitrogens with zero attached hydrogens (tertiary/aromatic N) is 3. The van der Waals surface area contributed by atoms with Gasteiger partial charge in [-0.2, -0.15) is 0 Å². The number of benzene rings is 2. The fourth-order valence-electron chi connectivity index (χ4n) is 3.15. The molecule has 0 atom stereocenters. The molecule has 1 saturated heterocycles. The van der Waals surface area contributed by atoms with E-state index in [2.05, 4.69) is 5.32 Å². The van der Waals surface area contributed by atoms with Crippen molar-refractivity contribution >= 4 is 23.0 Å². The Balaban J connectivity index is 1.53. The number of aryl methyl sites for hydroxylation is 1. The lowest BCUT2D eigenvalue weighted by Gasteiger charge is -2.35. The highest BCUT2D eigenvalue weighted by atomic mass is 19.1. The summed E-state index contributed by atoms with van der Waals surface area (Å²) in [5.41, 5.74) is 1.79. The Bertz CT molecular complexity index is 851. The third-order valence-electron chi connectivity index (χ3n) is 4.63. The van der Waals surface area contributed by atoms with Crippen LogP contribution in [0.3, 0.4) is 0 Å². The first-order valence-electron chi connectivity index (χ1n) is 8.71. The van der Waals surface area contributed by atoms with Crippen LogP contribution in [0.25, 0.3) is 0 Å². The smallest absolute Gasteiger partial charge is 0.269 e. The summed E-state index contributed by atoms with van der Waals surface area (Å²) in [7, 11) is 0. The number of nitro benzene ring substituents is 1. The number of non-ortho nitro benzene ring substituents is 1. The summed E-state index contributed by atoms with van der Waals surface area (Å²) in [5.74, 6) is -0.413. The number of nitro groups is 1. The van der Waals surface area contributed by atoms with Crippen molar-refractivity contribution in [3.05, 3.63) is 64.0 Å². The van der Waals surface area contributed by atoms with Gasteiger partial charge in [-0.25, -0.2) is 4.39 Å². The van der Waals surface area contributed by atoms with Gasteiger partial charge in [0.1, 0.15) is 5.82 Å². The Labute approximate surface area is 156 Å². The van der Waals surface area contributed by atoms with Crippen LogP contribution in [0.15, 0.2) is 42.5 Å². The molecular weight excluding hydrogens is 351 g/mol. The van der Waals surface area contributed by atoms with Gasteiger partial charge in [0.05, 0.1) is 17.2 Å². The maximum absolute atomic E-state index is 13.9. The highest BCUT2D eigenvalue weighted by Gasteiger charge is 2.21. The van der Waals surface area contributed by atoms with E-state index in [0.29, 0.717) is 43.1 Å². The van der Waals surface area contributed by atoms with E-state index in [9.17, 15) is 19.3 Å². The van der Waals surface area contributed by atoms with Crippen LogP contribution in [0, 0.1) is 22.9 Å². The molecule has 0 radical (unpaired) electrons. The number of carbonyl (C=O) groups is 1. The van der Waals surface area contributed by atoms with Crippen molar-refractivity contribution in [1.29, 1.82) is 0 Å². The average Bonchev–Trinajstić information content (AvgIpc) is 2.64. The second-order valence-corrected chi connectivity index (χ2v) is 6.52. The zero-order valence-electron chi connectivity index (χ0n) is 15.0. The summed E-state index contributed by atoms with van der Waals surface area (Å²) in [6.07, 6.45) is 0. The van der Waals surface area contributed by atoms with Crippen LogP contribution in [0.2, 0.25) is 0 Å². The fraction of sp³-hybridized carbons (Fsp3) is 0.316. The molecule has 1 fully saturated rings. The van der Waals surface area contributed by atoms with Gasteiger partial charge in [0.25, 0.3) is 5.69 Å². The normalized spacial score (nSPS) is 14.8. The number of halogens is 1. The first-order valence-corrected chi connectivity index (χ1v) is 8.71. The molecule has 1 N–H and O–H groups in total. The fourth-order valence-corrected chi connectivity index (χ4v) is 3.15. The molecule has 1 heterocycles. The molecule has 1 amide bonds. The number of hydrogen-bond donors (Lipinski definition) is 1. The standard InChI is InChI=1S/C19H21FN4O3/c1-14-12-15(24(26)27)6-7-17(14)21-19(25)13-22-8-10-23(11-9-22)18-5-3-2-4-16(18)20/h2-7,12H,8-11,13H2,1H3,(H,21,25). The number of carbonyl (C=O) groups excluding carboxylic acids is 1. The molecule has 0 bridgehead atoms. The summed E-state index contributed by atoms with van der Waals surface area (Å²) in [5, 5.41) is 13.6. The maximum Gasteiger partial charge on any atom is 0.269 e. The number of amides is 1. The predicted molar refractivity (Wildman–Crippen MR) is 102 cm³/mol. The summed E-state index contributed by atoms with van der Waals surface area (Å²) >= 11 is 0. The van der Waals surface area contributed by atoms with Gasteiger partial charge < -0.3 is 10.2 Å². The lowest BCUT2D eigenvalue weighted by molar-refractivity contribution is -0.384. The Morgan fingerprint density at radius 1 is 1.19 bits per heavy atom. The highest BCUT2D eigenvalue weighted by Crippen LogP contribution is 2.22. The predicted octanol–water partition coefficient (Wildman–Crippen LogP) is 2.80. The van der Waals surface area contributed by atoms with Crippen molar-refractivity contribution < 1.29 is 14.1 Å². The Morgan fingerprint density at radius 2 is 1.89 bits per heavy atom. The Kier molecular flexibility index (Phi) is 5.66. The number of anilines is 2. The molecule has 27 heavy (non-hydrogen) atoms. The van der Waals surface area contributed by atoms with E-state index in [-0.39, 0.29) is 24.0 Å². The zero-order chi connectivity index (χ0) is 19.4. The minimum Gasteiger partial charge on any atom is -0.367 e. The van der Waals surface area contributed by atoms with Gasteiger partial charge in [-0.05, 0) is 30.7 Å². The zero-order valence-corrected chi connectivity index (χ0v) is 15.0. The van der Waals surface area contributed by atoms with Gasteiger partial charge >= 0.3 is 0 Å². The first kappa shape index (κ1) is 18.8. The summed E-state index contributed by atoms with van der Waals surface area (Å²) < 4.78 is 13.9. The van der Waals surface area contributed by atoms with Crippen LogP contribution in [0.4, 0.5) is 21.5 Å². The Morgan fingerprint density at radius 3 is 2.52 bits per heavy atom. The number of hydrogen-bond acceptors (Lipinski definition) is 5.